The Bertz CT molecular complexity index is 1370. The Morgan fingerprint density at radius 2 is 1.56 bits per heavy atom. The highest BCUT2D eigenvalue weighted by Gasteiger charge is 2.22. The molecule has 2 saturated carbocycles. The number of aromatic nitrogens is 4. The summed E-state index contributed by atoms with van der Waals surface area (Å²) in [5, 5.41) is 8.86. The van der Waals surface area contributed by atoms with Gasteiger partial charge in [0.2, 0.25) is 0 Å². The van der Waals surface area contributed by atoms with Gasteiger partial charge in [-0.2, -0.15) is 0 Å². The van der Waals surface area contributed by atoms with E-state index >= 15 is 0 Å². The van der Waals surface area contributed by atoms with Gasteiger partial charge in [-0.05, 0) is 61.4 Å². The number of carboxylic acid groups (broad SMARTS) is 1. The van der Waals surface area contributed by atoms with Crippen LogP contribution in [0.2, 0.25) is 0 Å². The molecule has 8 heteroatoms. The number of hydrogen-bond donors (Lipinski definition) is 2. The Kier molecular flexibility index (Phi) is 7.51. The normalized spacial score (nSPS) is 17.8. The van der Waals surface area contributed by atoms with Crippen LogP contribution in [0.1, 0.15) is 69.8 Å². The molecule has 0 radical (unpaired) electrons. The summed E-state index contributed by atoms with van der Waals surface area (Å²) in [6.07, 6.45) is 14.9. The highest BCUT2D eigenvalue weighted by atomic mass is 32.1. The predicted molar refractivity (Wildman–Crippen MR) is 144 cm³/mol. The van der Waals surface area contributed by atoms with Crippen molar-refractivity contribution in [2.45, 2.75) is 77.3 Å². The summed E-state index contributed by atoms with van der Waals surface area (Å²) >= 11 is 5.95. The van der Waals surface area contributed by atoms with Crippen molar-refractivity contribution in [2.75, 3.05) is 0 Å². The molecule has 36 heavy (non-hydrogen) atoms. The van der Waals surface area contributed by atoms with Crippen molar-refractivity contribution in [3.05, 3.63) is 51.0 Å². The molecule has 1 aromatic carbocycles. The van der Waals surface area contributed by atoms with Gasteiger partial charge in [0.25, 0.3) is 5.56 Å². The van der Waals surface area contributed by atoms with E-state index < -0.39 is 5.97 Å². The van der Waals surface area contributed by atoms with E-state index in [1.54, 1.807) is 6.08 Å². The Morgan fingerprint density at radius 1 is 0.972 bits per heavy atom. The highest BCUT2D eigenvalue weighted by molar-refractivity contribution is 7.71. The molecule has 2 N–H and O–H groups in total. The number of imidazole rings is 1. The lowest BCUT2D eigenvalue weighted by atomic mass is 9.89. The van der Waals surface area contributed by atoms with Gasteiger partial charge in [-0.1, -0.05) is 62.8 Å². The number of carbonyl (C=O) groups is 1. The Morgan fingerprint density at radius 3 is 2.14 bits per heavy atom. The van der Waals surface area contributed by atoms with Gasteiger partial charge in [-0.3, -0.25) is 9.36 Å². The molecule has 2 aromatic heterocycles. The third kappa shape index (κ3) is 5.38. The summed E-state index contributed by atoms with van der Waals surface area (Å²) in [7, 11) is 0. The number of nitrogens with one attached hydrogen (secondary N) is 1. The van der Waals surface area contributed by atoms with Crippen molar-refractivity contribution in [3.8, 4) is 11.4 Å². The Hall–Kier alpha value is -3.00. The lowest BCUT2D eigenvalue weighted by molar-refractivity contribution is -0.131. The third-order valence-electron chi connectivity index (χ3n) is 7.79. The number of nitrogens with zero attached hydrogens (tertiary/aromatic N) is 3. The van der Waals surface area contributed by atoms with E-state index in [4.69, 9.17) is 22.3 Å². The molecular formula is C28H34N4O3S. The fourth-order valence-corrected chi connectivity index (χ4v) is 6.12. The molecule has 0 spiro atoms. The Balaban J connectivity index is 1.56. The minimum atomic E-state index is -0.983. The van der Waals surface area contributed by atoms with E-state index in [2.05, 4.69) is 9.55 Å². The second-order valence-corrected chi connectivity index (χ2v) is 10.8. The molecule has 0 aliphatic heterocycles. The van der Waals surface area contributed by atoms with Crippen LogP contribution in [-0.2, 0) is 17.9 Å². The molecule has 0 amide bonds. The number of benzene rings is 1. The van der Waals surface area contributed by atoms with E-state index in [0.717, 1.165) is 36.6 Å². The summed E-state index contributed by atoms with van der Waals surface area (Å²) in [4.78, 5) is 32.7. The first-order valence-electron chi connectivity index (χ1n) is 13.2. The maximum Gasteiger partial charge on any atom is 0.328 e. The van der Waals surface area contributed by atoms with E-state index in [9.17, 15) is 9.59 Å². The average molecular weight is 507 g/mol. The van der Waals surface area contributed by atoms with Gasteiger partial charge in [0.1, 0.15) is 11.3 Å². The zero-order valence-electron chi connectivity index (χ0n) is 20.6. The standard InChI is InChI=1S/C28H34N4O3S/c33-23(34)16-13-19-11-14-22(15-12-19)25-29-24-26(30-25)31(17-20-7-3-1-4-8-20)28(36)32(27(24)35)18-21-9-5-2-6-10-21/h11-16,20-21H,1-10,17-18H2,(H,29,30)(H,33,34). The summed E-state index contributed by atoms with van der Waals surface area (Å²) in [5.74, 6) is 0.684. The third-order valence-corrected chi connectivity index (χ3v) is 8.24. The number of fused-ring (bicyclic) bond motifs is 1. The van der Waals surface area contributed by atoms with Crippen molar-refractivity contribution in [3.63, 3.8) is 0 Å². The fraction of sp³-hybridized carbons (Fsp3) is 0.500. The zero-order chi connectivity index (χ0) is 25.1. The van der Waals surface area contributed by atoms with E-state index in [0.29, 0.717) is 40.1 Å². The number of aliphatic carboxylic acids is 1. The Labute approximate surface area is 215 Å². The van der Waals surface area contributed by atoms with Gasteiger partial charge in [0, 0.05) is 24.7 Å². The maximum atomic E-state index is 13.7. The predicted octanol–water partition coefficient (Wildman–Crippen LogP) is 6.18. The first-order valence-corrected chi connectivity index (χ1v) is 13.6. The van der Waals surface area contributed by atoms with E-state index in [-0.39, 0.29) is 5.56 Å². The number of H-pyrrole nitrogens is 1. The van der Waals surface area contributed by atoms with Crippen molar-refractivity contribution in [1.29, 1.82) is 0 Å². The van der Waals surface area contributed by atoms with Crippen LogP contribution in [0.15, 0.2) is 35.1 Å². The van der Waals surface area contributed by atoms with Crippen LogP contribution < -0.4 is 5.56 Å². The monoisotopic (exact) mass is 506 g/mol. The molecule has 5 rings (SSSR count). The van der Waals surface area contributed by atoms with Gasteiger partial charge in [0.05, 0.1) is 0 Å². The van der Waals surface area contributed by atoms with Gasteiger partial charge in [-0.25, -0.2) is 9.78 Å². The van der Waals surface area contributed by atoms with Gasteiger partial charge >= 0.3 is 5.97 Å². The second kappa shape index (κ2) is 10.9. The lowest BCUT2D eigenvalue weighted by Crippen LogP contribution is -2.30. The second-order valence-electron chi connectivity index (χ2n) is 10.4. The summed E-state index contributed by atoms with van der Waals surface area (Å²) in [6.45, 7) is 1.47. The first kappa shape index (κ1) is 24.7. The largest absolute Gasteiger partial charge is 0.478 e. The SMILES string of the molecule is O=C(O)C=Cc1ccc(-c2nc3c([nH]2)c(=O)n(CC2CCCCC2)c(=S)n3CC2CCCCC2)cc1. The molecule has 7 nitrogen and oxygen atoms in total. The van der Waals surface area contributed by atoms with Crippen molar-refractivity contribution >= 4 is 35.4 Å². The average Bonchev–Trinajstić information content (AvgIpc) is 3.35. The molecule has 0 bridgehead atoms. The van der Waals surface area contributed by atoms with Crippen LogP contribution in [0.3, 0.4) is 0 Å². The number of aromatic amines is 1. The molecular weight excluding hydrogens is 472 g/mol. The van der Waals surface area contributed by atoms with Crippen molar-refractivity contribution < 1.29 is 9.90 Å². The summed E-state index contributed by atoms with van der Waals surface area (Å²) < 4.78 is 4.52. The summed E-state index contributed by atoms with van der Waals surface area (Å²) in [5.41, 5.74) is 2.69. The molecule has 0 saturated heterocycles. The lowest BCUT2D eigenvalue weighted by Gasteiger charge is -2.25. The number of rotatable bonds is 7. The van der Waals surface area contributed by atoms with E-state index in [1.165, 1.54) is 51.4 Å². The van der Waals surface area contributed by atoms with Gasteiger partial charge in [-0.15, -0.1) is 0 Å². The molecule has 190 valence electrons. The molecule has 0 atom stereocenters. The van der Waals surface area contributed by atoms with Crippen LogP contribution in [0.5, 0.6) is 0 Å². The van der Waals surface area contributed by atoms with Crippen molar-refractivity contribution in [1.82, 2.24) is 19.1 Å². The summed E-state index contributed by atoms with van der Waals surface area (Å²) in [6, 6.07) is 7.47. The van der Waals surface area contributed by atoms with Crippen LogP contribution in [0, 0.1) is 16.6 Å². The minimum absolute atomic E-state index is 0.0831. The fourth-order valence-electron chi connectivity index (χ4n) is 5.80. The zero-order valence-corrected chi connectivity index (χ0v) is 21.4. The topological polar surface area (TPSA) is 92.9 Å². The molecule has 2 aliphatic carbocycles. The van der Waals surface area contributed by atoms with E-state index in [1.807, 2.05) is 28.8 Å². The van der Waals surface area contributed by atoms with Crippen LogP contribution in [0.4, 0.5) is 0 Å². The van der Waals surface area contributed by atoms with Crippen LogP contribution in [0.25, 0.3) is 28.6 Å². The van der Waals surface area contributed by atoms with Gasteiger partial charge in [0.15, 0.2) is 10.4 Å². The highest BCUT2D eigenvalue weighted by Crippen LogP contribution is 2.28. The van der Waals surface area contributed by atoms with Gasteiger partial charge < -0.3 is 14.7 Å². The first-order chi connectivity index (χ1) is 17.5. The van der Waals surface area contributed by atoms with Crippen LogP contribution in [-0.4, -0.2) is 30.2 Å². The molecule has 3 aromatic rings. The number of carboxylic acids is 1. The molecule has 2 heterocycles. The van der Waals surface area contributed by atoms with Crippen LogP contribution >= 0.6 is 12.2 Å². The molecule has 2 fully saturated rings. The van der Waals surface area contributed by atoms with Crippen molar-refractivity contribution in [2.24, 2.45) is 11.8 Å². The molecule has 2 aliphatic rings. The minimum Gasteiger partial charge on any atom is -0.478 e. The smallest absolute Gasteiger partial charge is 0.328 e. The molecule has 0 unspecified atom stereocenters. The number of hydrogen-bond acceptors (Lipinski definition) is 4. The quantitative estimate of drug-likeness (QED) is 0.295. The maximum absolute atomic E-state index is 13.7.